The molecule has 0 spiro atoms. The standard InChI is InChI=1S/C8H5NO2.C6H16N2/c10-7-5-3-1-2-4-6(5)8(11)9-7;7-5-3-1-2-4-6-8/h1-4H,(H,9,10,11);1-8H2. The largest absolute Gasteiger partial charge is 0.330 e. The van der Waals surface area contributed by atoms with Crippen molar-refractivity contribution in [1.82, 2.24) is 5.32 Å². The zero-order chi connectivity index (χ0) is 14.1. The van der Waals surface area contributed by atoms with Crippen molar-refractivity contribution in [3.05, 3.63) is 35.4 Å². The first-order valence-corrected chi connectivity index (χ1v) is 6.55. The van der Waals surface area contributed by atoms with Crippen LogP contribution in [0.25, 0.3) is 0 Å². The number of carbonyl (C=O) groups excluding carboxylic acids is 2. The highest BCUT2D eigenvalue weighted by Gasteiger charge is 2.25. The summed E-state index contributed by atoms with van der Waals surface area (Å²) in [6, 6.07) is 6.74. The third-order valence-electron chi connectivity index (χ3n) is 2.80. The van der Waals surface area contributed by atoms with Gasteiger partial charge in [-0.05, 0) is 38.1 Å². The number of carbonyl (C=O) groups is 2. The van der Waals surface area contributed by atoms with E-state index < -0.39 is 0 Å². The molecule has 104 valence electrons. The Morgan fingerprint density at radius 2 is 1.21 bits per heavy atom. The molecule has 1 aliphatic rings. The molecule has 0 aliphatic carbocycles. The van der Waals surface area contributed by atoms with Crippen LogP contribution in [-0.4, -0.2) is 24.9 Å². The first-order valence-electron chi connectivity index (χ1n) is 6.55. The van der Waals surface area contributed by atoms with Crippen molar-refractivity contribution < 1.29 is 9.59 Å². The lowest BCUT2D eigenvalue weighted by molar-refractivity contribution is 0.0879. The van der Waals surface area contributed by atoms with Crippen molar-refractivity contribution in [3.8, 4) is 0 Å². The molecule has 1 aromatic carbocycles. The summed E-state index contributed by atoms with van der Waals surface area (Å²) in [6.45, 7) is 1.65. The topological polar surface area (TPSA) is 98.2 Å². The van der Waals surface area contributed by atoms with E-state index in [-0.39, 0.29) is 11.8 Å². The minimum Gasteiger partial charge on any atom is -0.330 e. The summed E-state index contributed by atoms with van der Waals surface area (Å²) in [5.74, 6) is -0.601. The highest BCUT2D eigenvalue weighted by molar-refractivity contribution is 6.21. The van der Waals surface area contributed by atoms with Crippen molar-refractivity contribution in [3.63, 3.8) is 0 Å². The van der Waals surface area contributed by atoms with E-state index in [1.807, 2.05) is 0 Å². The van der Waals surface area contributed by atoms with Crippen LogP contribution >= 0.6 is 0 Å². The summed E-state index contributed by atoms with van der Waals surface area (Å²) < 4.78 is 0. The van der Waals surface area contributed by atoms with E-state index in [0.29, 0.717) is 11.1 Å². The van der Waals surface area contributed by atoms with Gasteiger partial charge in [-0.25, -0.2) is 0 Å². The summed E-state index contributed by atoms with van der Waals surface area (Å²) >= 11 is 0. The monoisotopic (exact) mass is 263 g/mol. The molecule has 0 unspecified atom stereocenters. The molecule has 0 aromatic heterocycles. The number of hydrogen-bond donors (Lipinski definition) is 3. The molecule has 5 nitrogen and oxygen atoms in total. The van der Waals surface area contributed by atoms with Crippen molar-refractivity contribution >= 4 is 11.8 Å². The number of fused-ring (bicyclic) bond motifs is 1. The van der Waals surface area contributed by atoms with Gasteiger partial charge >= 0.3 is 0 Å². The Balaban J connectivity index is 0.000000203. The second-order valence-electron chi connectivity index (χ2n) is 4.32. The molecule has 0 fully saturated rings. The molecule has 0 saturated carbocycles. The number of nitrogens with one attached hydrogen (secondary N) is 1. The van der Waals surface area contributed by atoms with Crippen LogP contribution in [0.2, 0.25) is 0 Å². The molecule has 0 bridgehead atoms. The average Bonchev–Trinajstić information content (AvgIpc) is 2.72. The molecule has 5 heteroatoms. The van der Waals surface area contributed by atoms with E-state index in [1.54, 1.807) is 24.3 Å². The molecular weight excluding hydrogens is 242 g/mol. The summed E-state index contributed by atoms with van der Waals surface area (Å²) in [4.78, 5) is 21.9. The number of nitrogens with two attached hydrogens (primary N) is 2. The first kappa shape index (κ1) is 15.3. The Hall–Kier alpha value is -1.72. The summed E-state index contributed by atoms with van der Waals surface area (Å²) in [5.41, 5.74) is 11.5. The minimum absolute atomic E-state index is 0.300. The normalized spacial score (nSPS) is 12.5. The molecule has 2 amide bonds. The minimum atomic E-state index is -0.300. The van der Waals surface area contributed by atoms with Gasteiger partial charge in [-0.1, -0.05) is 25.0 Å². The van der Waals surface area contributed by atoms with E-state index >= 15 is 0 Å². The number of benzene rings is 1. The van der Waals surface area contributed by atoms with Crippen LogP contribution in [0.5, 0.6) is 0 Å². The Morgan fingerprint density at radius 3 is 1.58 bits per heavy atom. The van der Waals surface area contributed by atoms with Gasteiger partial charge in [0.25, 0.3) is 11.8 Å². The van der Waals surface area contributed by atoms with Gasteiger partial charge in [0.05, 0.1) is 11.1 Å². The summed E-state index contributed by atoms with van der Waals surface area (Å²) in [7, 11) is 0. The van der Waals surface area contributed by atoms with Gasteiger partial charge in [0.2, 0.25) is 0 Å². The first-order chi connectivity index (χ1) is 9.20. The quantitative estimate of drug-likeness (QED) is 0.546. The average molecular weight is 263 g/mol. The molecular formula is C14H21N3O2. The van der Waals surface area contributed by atoms with Crippen molar-refractivity contribution in [1.29, 1.82) is 0 Å². The Kier molecular flexibility index (Phi) is 6.78. The van der Waals surface area contributed by atoms with Gasteiger partial charge < -0.3 is 11.5 Å². The molecule has 5 N–H and O–H groups in total. The third-order valence-corrected chi connectivity index (χ3v) is 2.80. The van der Waals surface area contributed by atoms with Crippen molar-refractivity contribution in [2.24, 2.45) is 11.5 Å². The van der Waals surface area contributed by atoms with E-state index in [2.05, 4.69) is 5.32 Å². The number of amides is 2. The number of unbranched alkanes of at least 4 members (excludes halogenated alkanes) is 3. The van der Waals surface area contributed by atoms with Crippen molar-refractivity contribution in [2.75, 3.05) is 13.1 Å². The van der Waals surface area contributed by atoms with Gasteiger partial charge in [-0.15, -0.1) is 0 Å². The molecule has 0 atom stereocenters. The van der Waals surface area contributed by atoms with Gasteiger partial charge in [0.1, 0.15) is 0 Å². The molecule has 0 radical (unpaired) electrons. The molecule has 0 saturated heterocycles. The molecule has 1 heterocycles. The third kappa shape index (κ3) is 4.81. The maximum absolute atomic E-state index is 10.9. The predicted molar refractivity (Wildman–Crippen MR) is 74.8 cm³/mol. The smallest absolute Gasteiger partial charge is 0.258 e. The summed E-state index contributed by atoms with van der Waals surface area (Å²) in [6.07, 6.45) is 4.79. The van der Waals surface area contributed by atoms with Crippen LogP contribution in [-0.2, 0) is 0 Å². The fourth-order valence-corrected chi connectivity index (χ4v) is 1.76. The second kappa shape index (κ2) is 8.39. The number of rotatable bonds is 5. The Morgan fingerprint density at radius 1 is 0.789 bits per heavy atom. The van der Waals surface area contributed by atoms with Gasteiger partial charge in [0.15, 0.2) is 0 Å². The SMILES string of the molecule is NCCCCCCN.O=C1NC(=O)c2ccccc21. The predicted octanol–water partition coefficient (Wildman–Crippen LogP) is 1.03. The lowest BCUT2D eigenvalue weighted by Gasteiger charge is -1.94. The highest BCUT2D eigenvalue weighted by Crippen LogP contribution is 2.13. The molecule has 2 rings (SSSR count). The van der Waals surface area contributed by atoms with Crippen LogP contribution in [0.4, 0.5) is 0 Å². The fourth-order valence-electron chi connectivity index (χ4n) is 1.76. The van der Waals surface area contributed by atoms with Crippen LogP contribution in [0.3, 0.4) is 0 Å². The molecule has 1 aliphatic heterocycles. The lowest BCUT2D eigenvalue weighted by Crippen LogP contribution is -2.19. The second-order valence-corrected chi connectivity index (χ2v) is 4.32. The van der Waals surface area contributed by atoms with Crippen LogP contribution < -0.4 is 16.8 Å². The summed E-state index contributed by atoms with van der Waals surface area (Å²) in [5, 5.41) is 2.20. The van der Waals surface area contributed by atoms with Gasteiger partial charge in [0, 0.05) is 0 Å². The Bertz CT molecular complexity index is 393. The van der Waals surface area contributed by atoms with Crippen molar-refractivity contribution in [2.45, 2.75) is 25.7 Å². The van der Waals surface area contributed by atoms with Crippen LogP contribution in [0.1, 0.15) is 46.4 Å². The van der Waals surface area contributed by atoms with Crippen LogP contribution in [0, 0.1) is 0 Å². The number of hydrogen-bond acceptors (Lipinski definition) is 4. The lowest BCUT2D eigenvalue weighted by atomic mass is 10.1. The van der Waals surface area contributed by atoms with Gasteiger partial charge in [-0.3, -0.25) is 14.9 Å². The van der Waals surface area contributed by atoms with E-state index in [4.69, 9.17) is 11.5 Å². The van der Waals surface area contributed by atoms with E-state index in [0.717, 1.165) is 25.9 Å². The zero-order valence-electron chi connectivity index (χ0n) is 11.0. The maximum atomic E-state index is 10.9. The Labute approximate surface area is 113 Å². The van der Waals surface area contributed by atoms with Crippen LogP contribution in [0.15, 0.2) is 24.3 Å². The highest BCUT2D eigenvalue weighted by atomic mass is 16.2. The van der Waals surface area contributed by atoms with Gasteiger partial charge in [-0.2, -0.15) is 0 Å². The maximum Gasteiger partial charge on any atom is 0.258 e. The number of imide groups is 1. The van der Waals surface area contributed by atoms with E-state index in [9.17, 15) is 9.59 Å². The zero-order valence-corrected chi connectivity index (χ0v) is 11.0. The molecule has 1 aromatic rings. The van der Waals surface area contributed by atoms with E-state index in [1.165, 1.54) is 12.8 Å². The fraction of sp³-hybridized carbons (Fsp3) is 0.429. The molecule has 19 heavy (non-hydrogen) atoms.